The lowest BCUT2D eigenvalue weighted by molar-refractivity contribution is -0.137. The zero-order valence-electron chi connectivity index (χ0n) is 16.2. The van der Waals surface area contributed by atoms with Crippen molar-refractivity contribution in [2.24, 2.45) is 0 Å². The summed E-state index contributed by atoms with van der Waals surface area (Å²) in [5.41, 5.74) is -0.252. The van der Waals surface area contributed by atoms with Crippen LogP contribution in [0.1, 0.15) is 22.8 Å². The minimum Gasteiger partial charge on any atom is -0.336 e. The van der Waals surface area contributed by atoms with Gasteiger partial charge in [-0.15, -0.1) is 0 Å². The smallest absolute Gasteiger partial charge is 0.336 e. The highest BCUT2D eigenvalue weighted by atomic mass is 19.4. The summed E-state index contributed by atoms with van der Waals surface area (Å²) in [5, 5.41) is 2.66. The second kappa shape index (κ2) is 8.83. The molecule has 2 aromatic carbocycles. The van der Waals surface area contributed by atoms with Gasteiger partial charge in [0, 0.05) is 37.4 Å². The molecule has 0 aliphatic carbocycles. The largest absolute Gasteiger partial charge is 0.416 e. The molecule has 160 valence electrons. The second-order valence-corrected chi connectivity index (χ2v) is 7.08. The van der Waals surface area contributed by atoms with Crippen molar-refractivity contribution in [2.75, 3.05) is 31.5 Å². The maximum atomic E-state index is 13.3. The van der Waals surface area contributed by atoms with Crippen LogP contribution in [-0.4, -0.2) is 53.8 Å². The molecule has 2 aromatic rings. The number of nitrogens with one attached hydrogen (secondary N) is 1. The van der Waals surface area contributed by atoms with Crippen molar-refractivity contribution in [1.82, 2.24) is 9.80 Å². The van der Waals surface area contributed by atoms with Crippen LogP contribution in [0.4, 0.5) is 23.2 Å². The molecule has 1 aliphatic rings. The Bertz CT molecular complexity index is 907. The number of carbonyl (C=O) groups excluding carboxylic acids is 2. The summed E-state index contributed by atoms with van der Waals surface area (Å²) < 4.78 is 51.3. The molecule has 0 saturated carbocycles. The van der Waals surface area contributed by atoms with Gasteiger partial charge in [-0.25, -0.2) is 4.39 Å². The lowest BCUT2D eigenvalue weighted by Crippen LogP contribution is -2.54. The van der Waals surface area contributed by atoms with Gasteiger partial charge in [0.2, 0.25) is 5.91 Å². The van der Waals surface area contributed by atoms with Gasteiger partial charge in [0.1, 0.15) is 5.82 Å². The normalized spacial score (nSPS) is 16.2. The summed E-state index contributed by atoms with van der Waals surface area (Å²) in [4.78, 5) is 28.4. The molecule has 5 nitrogen and oxygen atoms in total. The third-order valence-corrected chi connectivity index (χ3v) is 5.08. The molecule has 1 saturated heterocycles. The Kier molecular flexibility index (Phi) is 6.40. The zero-order valence-corrected chi connectivity index (χ0v) is 16.2. The van der Waals surface area contributed by atoms with Crippen LogP contribution >= 0.6 is 0 Å². The fraction of sp³-hybridized carbons (Fsp3) is 0.333. The molecule has 1 unspecified atom stereocenters. The SMILES string of the molecule is CC(C(=O)Nc1cccc(F)c1)N1CCN(C(=O)c2ccc(C(F)(F)F)cc2)CC1. The average molecular weight is 423 g/mol. The van der Waals surface area contributed by atoms with Crippen LogP contribution in [0.3, 0.4) is 0 Å². The van der Waals surface area contributed by atoms with Crippen molar-refractivity contribution in [2.45, 2.75) is 19.1 Å². The molecule has 0 bridgehead atoms. The van der Waals surface area contributed by atoms with E-state index < -0.39 is 23.6 Å². The third-order valence-electron chi connectivity index (χ3n) is 5.08. The molecule has 9 heteroatoms. The van der Waals surface area contributed by atoms with E-state index in [-0.39, 0.29) is 17.4 Å². The predicted molar refractivity (Wildman–Crippen MR) is 103 cm³/mol. The van der Waals surface area contributed by atoms with Crippen LogP contribution in [0.5, 0.6) is 0 Å². The van der Waals surface area contributed by atoms with E-state index in [9.17, 15) is 27.2 Å². The van der Waals surface area contributed by atoms with E-state index in [0.29, 0.717) is 31.9 Å². The minimum atomic E-state index is -4.45. The van der Waals surface area contributed by atoms with Crippen LogP contribution in [0.15, 0.2) is 48.5 Å². The maximum absolute atomic E-state index is 13.3. The molecule has 1 fully saturated rings. The molecule has 1 heterocycles. The van der Waals surface area contributed by atoms with Crippen molar-refractivity contribution in [3.8, 4) is 0 Å². The van der Waals surface area contributed by atoms with Gasteiger partial charge in [-0.3, -0.25) is 14.5 Å². The van der Waals surface area contributed by atoms with E-state index in [1.807, 2.05) is 4.90 Å². The maximum Gasteiger partial charge on any atom is 0.416 e. The van der Waals surface area contributed by atoms with Gasteiger partial charge in [0.15, 0.2) is 0 Å². The Morgan fingerprint density at radius 3 is 2.20 bits per heavy atom. The van der Waals surface area contributed by atoms with Crippen LogP contribution in [-0.2, 0) is 11.0 Å². The number of anilines is 1. The molecule has 3 rings (SSSR count). The van der Waals surface area contributed by atoms with Crippen molar-refractivity contribution in [3.05, 3.63) is 65.5 Å². The second-order valence-electron chi connectivity index (χ2n) is 7.08. The van der Waals surface area contributed by atoms with Gasteiger partial charge in [-0.05, 0) is 49.4 Å². The third kappa shape index (κ3) is 5.15. The number of carbonyl (C=O) groups is 2. The lowest BCUT2D eigenvalue weighted by Gasteiger charge is -2.37. The minimum absolute atomic E-state index is 0.188. The number of benzene rings is 2. The Hall–Kier alpha value is -2.94. The van der Waals surface area contributed by atoms with Gasteiger partial charge in [-0.2, -0.15) is 13.2 Å². The summed E-state index contributed by atoms with van der Waals surface area (Å²) in [5.74, 6) is -1.08. The molecular formula is C21H21F4N3O2. The van der Waals surface area contributed by atoms with Crippen LogP contribution in [0.25, 0.3) is 0 Å². The first-order valence-corrected chi connectivity index (χ1v) is 9.42. The van der Waals surface area contributed by atoms with Gasteiger partial charge < -0.3 is 10.2 Å². The molecule has 0 aromatic heterocycles. The number of nitrogens with zero attached hydrogens (tertiary/aromatic N) is 2. The first kappa shape index (κ1) is 21.8. The van der Waals surface area contributed by atoms with Crippen molar-refractivity contribution in [3.63, 3.8) is 0 Å². The molecule has 0 spiro atoms. The van der Waals surface area contributed by atoms with E-state index in [1.165, 1.54) is 30.3 Å². The Morgan fingerprint density at radius 1 is 1.00 bits per heavy atom. The van der Waals surface area contributed by atoms with Crippen LogP contribution in [0, 0.1) is 5.82 Å². The summed E-state index contributed by atoms with van der Waals surface area (Å²) in [7, 11) is 0. The molecule has 2 amide bonds. The van der Waals surface area contributed by atoms with Crippen LogP contribution in [0.2, 0.25) is 0 Å². The Morgan fingerprint density at radius 2 is 1.63 bits per heavy atom. The van der Waals surface area contributed by atoms with Gasteiger partial charge >= 0.3 is 6.18 Å². The Labute approximate surface area is 171 Å². The molecule has 0 radical (unpaired) electrons. The first-order valence-electron chi connectivity index (χ1n) is 9.42. The van der Waals surface area contributed by atoms with E-state index in [0.717, 1.165) is 12.1 Å². The lowest BCUT2D eigenvalue weighted by atomic mass is 10.1. The highest BCUT2D eigenvalue weighted by molar-refractivity contribution is 5.95. The fourth-order valence-electron chi connectivity index (χ4n) is 3.28. The number of rotatable bonds is 4. The van der Waals surface area contributed by atoms with E-state index in [4.69, 9.17) is 0 Å². The van der Waals surface area contributed by atoms with E-state index in [1.54, 1.807) is 17.9 Å². The number of hydrogen-bond acceptors (Lipinski definition) is 3. The molecule has 30 heavy (non-hydrogen) atoms. The van der Waals surface area contributed by atoms with Crippen molar-refractivity contribution in [1.29, 1.82) is 0 Å². The molecule has 1 atom stereocenters. The summed E-state index contributed by atoms with van der Waals surface area (Å²) >= 11 is 0. The van der Waals surface area contributed by atoms with E-state index in [2.05, 4.69) is 5.32 Å². The molecule has 1 aliphatic heterocycles. The highest BCUT2D eigenvalue weighted by Gasteiger charge is 2.31. The number of amides is 2. The molecule has 1 N–H and O–H groups in total. The zero-order chi connectivity index (χ0) is 21.9. The Balaban J connectivity index is 1.54. The topological polar surface area (TPSA) is 52.7 Å². The monoisotopic (exact) mass is 423 g/mol. The summed E-state index contributed by atoms with van der Waals surface area (Å²) in [6.07, 6.45) is -4.45. The molecular weight excluding hydrogens is 402 g/mol. The van der Waals surface area contributed by atoms with E-state index >= 15 is 0 Å². The number of halogens is 4. The van der Waals surface area contributed by atoms with Crippen LogP contribution < -0.4 is 5.32 Å². The number of hydrogen-bond donors (Lipinski definition) is 1. The fourth-order valence-corrected chi connectivity index (χ4v) is 3.28. The van der Waals surface area contributed by atoms with Crippen molar-refractivity contribution < 1.29 is 27.2 Å². The summed E-state index contributed by atoms with van der Waals surface area (Å²) in [6, 6.07) is 9.24. The first-order chi connectivity index (χ1) is 14.1. The van der Waals surface area contributed by atoms with Gasteiger partial charge in [0.05, 0.1) is 11.6 Å². The van der Waals surface area contributed by atoms with Gasteiger partial charge in [-0.1, -0.05) is 6.07 Å². The standard InChI is InChI=1S/C21H21F4N3O2/c1-14(19(29)26-18-4-2-3-17(22)13-18)27-9-11-28(12-10-27)20(30)15-5-7-16(8-6-15)21(23,24)25/h2-8,13-14H,9-12H2,1H3,(H,26,29). The predicted octanol–water partition coefficient (Wildman–Crippen LogP) is 3.63. The van der Waals surface area contributed by atoms with Crippen molar-refractivity contribution >= 4 is 17.5 Å². The number of alkyl halides is 3. The summed E-state index contributed by atoms with van der Waals surface area (Å²) in [6.45, 7) is 3.28. The quantitative estimate of drug-likeness (QED) is 0.765. The van der Waals surface area contributed by atoms with Gasteiger partial charge in [0.25, 0.3) is 5.91 Å². The highest BCUT2D eigenvalue weighted by Crippen LogP contribution is 2.29. The average Bonchev–Trinajstić information content (AvgIpc) is 2.72. The number of piperazine rings is 1.